The van der Waals surface area contributed by atoms with Crippen LogP contribution in [0.5, 0.6) is 0 Å². The first kappa shape index (κ1) is 22.2. The fraction of sp³-hybridized carbons (Fsp3) is 0.619. The zero-order valence-electron chi connectivity index (χ0n) is 17.5. The third kappa shape index (κ3) is 5.37. The molecule has 2 saturated heterocycles. The Balaban J connectivity index is 1.58. The lowest BCUT2D eigenvalue weighted by molar-refractivity contribution is -0.137. The predicted molar refractivity (Wildman–Crippen MR) is 106 cm³/mol. The summed E-state index contributed by atoms with van der Waals surface area (Å²) in [5, 5.41) is 2.66. The number of likely N-dealkylation sites (tertiary alicyclic amines) is 2. The summed E-state index contributed by atoms with van der Waals surface area (Å²) < 4.78 is 43.5. The van der Waals surface area contributed by atoms with E-state index in [2.05, 4.69) is 5.32 Å². The Hall–Kier alpha value is -2.45. The molecule has 1 unspecified atom stereocenters. The van der Waals surface area contributed by atoms with Gasteiger partial charge in [-0.3, -0.25) is 0 Å². The maximum atomic E-state index is 12.7. The van der Waals surface area contributed by atoms with Crippen molar-refractivity contribution in [2.45, 2.75) is 51.8 Å². The third-order valence-corrected chi connectivity index (χ3v) is 5.50. The largest absolute Gasteiger partial charge is 0.444 e. The minimum absolute atomic E-state index is 0.174. The molecule has 0 bridgehead atoms. The Morgan fingerprint density at radius 3 is 2.23 bits per heavy atom. The molecule has 0 radical (unpaired) electrons. The molecule has 0 saturated carbocycles. The molecule has 9 heteroatoms. The fourth-order valence-electron chi connectivity index (χ4n) is 4.08. The van der Waals surface area contributed by atoms with Crippen molar-refractivity contribution in [2.75, 3.05) is 31.5 Å². The van der Waals surface area contributed by atoms with Crippen LogP contribution < -0.4 is 5.32 Å². The maximum Gasteiger partial charge on any atom is 0.416 e. The molecular weight excluding hydrogens is 399 g/mol. The summed E-state index contributed by atoms with van der Waals surface area (Å²) in [4.78, 5) is 28.4. The highest BCUT2D eigenvalue weighted by atomic mass is 19.4. The van der Waals surface area contributed by atoms with Crippen molar-refractivity contribution in [3.05, 3.63) is 29.8 Å². The molecule has 2 aliphatic rings. The number of hydrogen-bond acceptors (Lipinski definition) is 3. The zero-order valence-corrected chi connectivity index (χ0v) is 17.5. The molecule has 1 spiro atoms. The first-order chi connectivity index (χ1) is 13.9. The summed E-state index contributed by atoms with van der Waals surface area (Å²) >= 11 is 0. The van der Waals surface area contributed by atoms with Gasteiger partial charge in [-0.1, -0.05) is 0 Å². The number of halogens is 3. The highest BCUT2D eigenvalue weighted by Gasteiger charge is 2.44. The topological polar surface area (TPSA) is 61.9 Å². The van der Waals surface area contributed by atoms with Crippen LogP contribution >= 0.6 is 0 Å². The second-order valence-corrected chi connectivity index (χ2v) is 9.18. The number of ether oxygens (including phenoxy) is 1. The number of piperidine rings is 1. The number of rotatable bonds is 1. The highest BCUT2D eigenvalue weighted by Crippen LogP contribution is 2.39. The third-order valence-electron chi connectivity index (χ3n) is 5.50. The van der Waals surface area contributed by atoms with Gasteiger partial charge in [0.15, 0.2) is 0 Å². The number of nitrogens with zero attached hydrogens (tertiary/aromatic N) is 2. The van der Waals surface area contributed by atoms with Gasteiger partial charge in [0.25, 0.3) is 0 Å². The Labute approximate surface area is 174 Å². The Morgan fingerprint density at radius 1 is 1.00 bits per heavy atom. The van der Waals surface area contributed by atoms with Crippen molar-refractivity contribution in [1.82, 2.24) is 9.80 Å². The number of anilines is 1. The van der Waals surface area contributed by atoms with E-state index < -0.39 is 17.3 Å². The van der Waals surface area contributed by atoms with Crippen molar-refractivity contribution in [2.24, 2.45) is 5.41 Å². The van der Waals surface area contributed by atoms with Gasteiger partial charge in [0.1, 0.15) is 5.60 Å². The summed E-state index contributed by atoms with van der Waals surface area (Å²) in [5.74, 6) is 0. The van der Waals surface area contributed by atoms with Crippen LogP contribution in [0, 0.1) is 5.41 Å². The van der Waals surface area contributed by atoms with Gasteiger partial charge in [0.05, 0.1) is 5.56 Å². The first-order valence-corrected chi connectivity index (χ1v) is 10.1. The molecule has 1 aromatic carbocycles. The Bertz CT molecular complexity index is 789. The predicted octanol–water partition coefficient (Wildman–Crippen LogP) is 4.96. The van der Waals surface area contributed by atoms with Crippen LogP contribution in [0.25, 0.3) is 0 Å². The van der Waals surface area contributed by atoms with Crippen molar-refractivity contribution in [1.29, 1.82) is 0 Å². The van der Waals surface area contributed by atoms with E-state index in [4.69, 9.17) is 4.74 Å². The van der Waals surface area contributed by atoms with Crippen molar-refractivity contribution in [3.8, 4) is 0 Å². The van der Waals surface area contributed by atoms with E-state index >= 15 is 0 Å². The SMILES string of the molecule is CC(C)(C)OC(=O)N1CCCC2(CCN(C(=O)Nc3ccc(C(F)(F)F)cc3)C2)C1. The number of hydrogen-bond donors (Lipinski definition) is 1. The van der Waals surface area contributed by atoms with E-state index in [1.54, 1.807) is 9.80 Å². The number of nitrogens with one attached hydrogen (secondary N) is 1. The number of urea groups is 1. The van der Waals surface area contributed by atoms with Gasteiger partial charge in [0, 0.05) is 37.3 Å². The van der Waals surface area contributed by atoms with Crippen molar-refractivity contribution >= 4 is 17.8 Å². The number of amides is 3. The van der Waals surface area contributed by atoms with Crippen LogP contribution in [-0.2, 0) is 10.9 Å². The van der Waals surface area contributed by atoms with Gasteiger partial charge in [-0.2, -0.15) is 13.2 Å². The van der Waals surface area contributed by atoms with E-state index in [1.807, 2.05) is 20.8 Å². The number of benzene rings is 1. The molecule has 2 aliphatic heterocycles. The van der Waals surface area contributed by atoms with E-state index in [0.717, 1.165) is 31.4 Å². The van der Waals surface area contributed by atoms with E-state index in [1.165, 1.54) is 12.1 Å². The number of alkyl halides is 3. The summed E-state index contributed by atoms with van der Waals surface area (Å²) in [6.07, 6.45) is -2.23. The van der Waals surface area contributed by atoms with Gasteiger partial charge < -0.3 is 19.9 Å². The molecule has 3 rings (SSSR count). The number of carbonyl (C=O) groups is 2. The van der Waals surface area contributed by atoms with Gasteiger partial charge in [-0.25, -0.2) is 9.59 Å². The summed E-state index contributed by atoms with van der Waals surface area (Å²) in [7, 11) is 0. The minimum atomic E-state index is -4.41. The average molecular weight is 427 g/mol. The van der Waals surface area contributed by atoms with E-state index in [0.29, 0.717) is 31.9 Å². The molecule has 3 amide bonds. The van der Waals surface area contributed by atoms with Gasteiger partial charge >= 0.3 is 18.3 Å². The molecule has 1 aromatic rings. The van der Waals surface area contributed by atoms with E-state index in [-0.39, 0.29) is 17.5 Å². The monoisotopic (exact) mass is 427 g/mol. The molecule has 6 nitrogen and oxygen atoms in total. The quantitative estimate of drug-likeness (QED) is 0.689. The standard InChI is InChI=1S/C21H28F3N3O3/c1-19(2,3)30-18(29)27-11-4-9-20(14-27)10-12-26(13-20)17(28)25-16-7-5-15(6-8-16)21(22,23)24/h5-8H,4,9-14H2,1-3H3,(H,25,28). The highest BCUT2D eigenvalue weighted by molar-refractivity contribution is 5.89. The lowest BCUT2D eigenvalue weighted by Crippen LogP contribution is -2.49. The Morgan fingerprint density at radius 2 is 1.63 bits per heavy atom. The second-order valence-electron chi connectivity index (χ2n) is 9.18. The molecule has 0 aliphatic carbocycles. The van der Waals surface area contributed by atoms with Crippen LogP contribution in [0.4, 0.5) is 28.4 Å². The summed E-state index contributed by atoms with van der Waals surface area (Å²) in [6, 6.07) is 4.04. The maximum absolute atomic E-state index is 12.7. The average Bonchev–Trinajstić information content (AvgIpc) is 3.03. The van der Waals surface area contributed by atoms with Crippen LogP contribution in [0.3, 0.4) is 0 Å². The molecule has 0 aromatic heterocycles. The van der Waals surface area contributed by atoms with Crippen LogP contribution in [-0.4, -0.2) is 53.7 Å². The number of carbonyl (C=O) groups excluding carboxylic acids is 2. The minimum Gasteiger partial charge on any atom is -0.444 e. The van der Waals surface area contributed by atoms with E-state index in [9.17, 15) is 22.8 Å². The van der Waals surface area contributed by atoms with Crippen LogP contribution in [0.2, 0.25) is 0 Å². The van der Waals surface area contributed by atoms with Gasteiger partial charge in [-0.05, 0) is 64.3 Å². The summed E-state index contributed by atoms with van der Waals surface area (Å²) in [5.41, 5.74) is -1.18. The van der Waals surface area contributed by atoms with Crippen molar-refractivity contribution in [3.63, 3.8) is 0 Å². The normalized spacial score (nSPS) is 22.3. The van der Waals surface area contributed by atoms with Crippen LogP contribution in [0.15, 0.2) is 24.3 Å². The Kier molecular flexibility index (Phi) is 5.93. The molecular formula is C21H28F3N3O3. The van der Waals surface area contributed by atoms with Gasteiger partial charge in [-0.15, -0.1) is 0 Å². The molecule has 2 fully saturated rings. The second kappa shape index (κ2) is 8.00. The molecule has 1 atom stereocenters. The first-order valence-electron chi connectivity index (χ1n) is 10.1. The molecule has 30 heavy (non-hydrogen) atoms. The lowest BCUT2D eigenvalue weighted by atomic mass is 9.79. The smallest absolute Gasteiger partial charge is 0.416 e. The molecule has 166 valence electrons. The van der Waals surface area contributed by atoms with Crippen LogP contribution in [0.1, 0.15) is 45.6 Å². The zero-order chi connectivity index (χ0) is 22.2. The molecule has 2 heterocycles. The van der Waals surface area contributed by atoms with Crippen molar-refractivity contribution < 1.29 is 27.5 Å². The summed E-state index contributed by atoms with van der Waals surface area (Å²) in [6.45, 7) is 7.68. The molecule has 1 N–H and O–H groups in total. The lowest BCUT2D eigenvalue weighted by Gasteiger charge is -2.40. The fourth-order valence-corrected chi connectivity index (χ4v) is 4.08. The van der Waals surface area contributed by atoms with Gasteiger partial charge in [0.2, 0.25) is 0 Å².